The number of phenols is 1. The zero-order chi connectivity index (χ0) is 24.2. The van der Waals surface area contributed by atoms with Crippen LogP contribution < -0.4 is 9.47 Å². The van der Waals surface area contributed by atoms with Crippen molar-refractivity contribution < 1.29 is 49.3 Å². The smallest absolute Gasteiger partial charge is 0.229 e. The number of aromatic hydroxyl groups is 1. The van der Waals surface area contributed by atoms with E-state index < -0.39 is 48.9 Å². The second-order valence-corrected chi connectivity index (χ2v) is 8.14. The summed E-state index contributed by atoms with van der Waals surface area (Å²) in [6.07, 6.45) is -7.86. The number of carbonyl (C=O) groups excluding carboxylic acids is 2. The molecule has 0 spiro atoms. The fourth-order valence-electron chi connectivity index (χ4n) is 4.23. The monoisotopic (exact) mass is 460 g/mol. The average Bonchev–Trinajstić information content (AvgIpc) is 2.78. The van der Waals surface area contributed by atoms with Gasteiger partial charge in [0.1, 0.15) is 41.7 Å². The second-order valence-electron chi connectivity index (χ2n) is 8.14. The Hall–Kier alpha value is -3.02. The number of aryl methyl sites for hydroxylation is 1. The molecule has 2 aromatic rings. The average molecular weight is 460 g/mol. The van der Waals surface area contributed by atoms with Crippen LogP contribution in [0, 0.1) is 13.8 Å². The van der Waals surface area contributed by atoms with Gasteiger partial charge in [-0.05, 0) is 37.6 Å². The van der Waals surface area contributed by atoms with Gasteiger partial charge in [-0.15, -0.1) is 0 Å². The van der Waals surface area contributed by atoms with Gasteiger partial charge in [-0.3, -0.25) is 9.59 Å². The van der Waals surface area contributed by atoms with Gasteiger partial charge in [-0.2, -0.15) is 0 Å². The van der Waals surface area contributed by atoms with Crippen molar-refractivity contribution in [2.45, 2.75) is 44.6 Å². The molecule has 2 aromatic carbocycles. The lowest BCUT2D eigenvalue weighted by molar-refractivity contribution is -0.277. The van der Waals surface area contributed by atoms with Crippen LogP contribution in [0.2, 0.25) is 0 Å². The van der Waals surface area contributed by atoms with Crippen molar-refractivity contribution in [3.63, 3.8) is 0 Å². The lowest BCUT2D eigenvalue weighted by Crippen LogP contribution is -2.60. The number of fused-ring (bicyclic) bond motifs is 2. The zero-order valence-corrected chi connectivity index (χ0v) is 18.1. The number of ketones is 2. The van der Waals surface area contributed by atoms with Gasteiger partial charge in [0.2, 0.25) is 12.1 Å². The molecule has 0 amide bonds. The number of aliphatic hydroxyl groups is 4. The van der Waals surface area contributed by atoms with Gasteiger partial charge in [0.05, 0.1) is 24.8 Å². The SMILES string of the molecule is COc1cc2c(c(O[C@H]3O[C@H](CO)[C@@H](O)[C@H](O)[C@H]3O)c1C)C(=O)c1c(O)cc(C)cc1C2=O. The second kappa shape index (κ2) is 8.40. The Bertz CT molecular complexity index is 1140. The molecule has 5 atom stereocenters. The van der Waals surface area contributed by atoms with E-state index in [4.69, 9.17) is 14.2 Å². The first-order valence-electron chi connectivity index (χ1n) is 10.2. The first-order chi connectivity index (χ1) is 15.6. The standard InChI is InChI=1S/C23H24O10/c1-8-4-10-15(12(25)5-8)19(28)16-11(17(10)26)6-13(31-3)9(2)22(16)33-23-21(30)20(29)18(27)14(7-24)32-23/h4-6,14,18,20-21,23-25,27,29-30H,7H2,1-3H3/t14-,18-,20+,21-,23-/m1/s1. The summed E-state index contributed by atoms with van der Waals surface area (Å²) < 4.78 is 16.5. The fraction of sp³-hybridized carbons (Fsp3) is 0.391. The molecule has 1 aliphatic heterocycles. The number of aliphatic hydroxyl groups excluding tert-OH is 4. The van der Waals surface area contributed by atoms with E-state index in [1.54, 1.807) is 13.8 Å². The number of hydrogen-bond donors (Lipinski definition) is 5. The Kier molecular flexibility index (Phi) is 5.89. The van der Waals surface area contributed by atoms with Crippen LogP contribution in [0.25, 0.3) is 0 Å². The summed E-state index contributed by atoms with van der Waals surface area (Å²) in [6.45, 7) is 2.56. The summed E-state index contributed by atoms with van der Waals surface area (Å²) in [5.74, 6) is -1.51. The number of phenolic OH excluding ortho intramolecular Hbond substituents is 1. The molecule has 176 valence electrons. The van der Waals surface area contributed by atoms with Crippen molar-refractivity contribution in [1.29, 1.82) is 0 Å². The van der Waals surface area contributed by atoms with Gasteiger partial charge in [0, 0.05) is 16.7 Å². The Labute approximate surface area is 188 Å². The quantitative estimate of drug-likeness (QED) is 0.357. The zero-order valence-electron chi connectivity index (χ0n) is 18.1. The van der Waals surface area contributed by atoms with E-state index >= 15 is 0 Å². The van der Waals surface area contributed by atoms with Crippen LogP contribution in [-0.2, 0) is 4.74 Å². The molecule has 0 unspecified atom stereocenters. The minimum Gasteiger partial charge on any atom is -0.507 e. The number of methoxy groups -OCH3 is 1. The maximum Gasteiger partial charge on any atom is 0.229 e. The first-order valence-corrected chi connectivity index (χ1v) is 10.2. The Morgan fingerprint density at radius 3 is 2.24 bits per heavy atom. The third-order valence-corrected chi connectivity index (χ3v) is 5.99. The molecule has 1 aliphatic carbocycles. The predicted molar refractivity (Wildman–Crippen MR) is 112 cm³/mol. The molecule has 1 fully saturated rings. The maximum atomic E-state index is 13.5. The molecule has 5 N–H and O–H groups in total. The van der Waals surface area contributed by atoms with Crippen LogP contribution in [0.1, 0.15) is 43.0 Å². The highest BCUT2D eigenvalue weighted by Gasteiger charge is 2.46. The Balaban J connectivity index is 1.87. The van der Waals surface area contributed by atoms with Gasteiger partial charge < -0.3 is 39.7 Å². The molecule has 2 aliphatic rings. The normalized spacial score (nSPS) is 26.6. The van der Waals surface area contributed by atoms with Gasteiger partial charge >= 0.3 is 0 Å². The molecule has 0 radical (unpaired) electrons. The van der Waals surface area contributed by atoms with Crippen LogP contribution >= 0.6 is 0 Å². The van der Waals surface area contributed by atoms with Crippen LogP contribution in [0.15, 0.2) is 18.2 Å². The van der Waals surface area contributed by atoms with E-state index in [0.29, 0.717) is 11.1 Å². The third-order valence-electron chi connectivity index (χ3n) is 5.99. The molecule has 33 heavy (non-hydrogen) atoms. The lowest BCUT2D eigenvalue weighted by Gasteiger charge is -2.40. The fourth-order valence-corrected chi connectivity index (χ4v) is 4.23. The molecule has 0 aromatic heterocycles. The van der Waals surface area contributed by atoms with Crippen molar-refractivity contribution in [3.8, 4) is 17.2 Å². The summed E-state index contributed by atoms with van der Waals surface area (Å²) in [6, 6.07) is 4.26. The third kappa shape index (κ3) is 3.56. The number of carbonyl (C=O) groups is 2. The highest BCUT2D eigenvalue weighted by atomic mass is 16.7. The molecule has 0 saturated carbocycles. The van der Waals surface area contributed by atoms with E-state index in [9.17, 15) is 35.1 Å². The summed E-state index contributed by atoms with van der Waals surface area (Å²) >= 11 is 0. The molecule has 10 nitrogen and oxygen atoms in total. The van der Waals surface area contributed by atoms with E-state index in [1.165, 1.54) is 25.3 Å². The molecule has 4 rings (SSSR count). The molecular weight excluding hydrogens is 436 g/mol. The first kappa shape index (κ1) is 23.1. The molecule has 10 heteroatoms. The molecule has 1 saturated heterocycles. The number of benzene rings is 2. The lowest BCUT2D eigenvalue weighted by atomic mass is 9.81. The topological polar surface area (TPSA) is 163 Å². The van der Waals surface area contributed by atoms with Crippen molar-refractivity contribution in [1.82, 2.24) is 0 Å². The van der Waals surface area contributed by atoms with Gasteiger partial charge in [-0.1, -0.05) is 0 Å². The van der Waals surface area contributed by atoms with Crippen LogP contribution in [0.5, 0.6) is 17.2 Å². The Morgan fingerprint density at radius 1 is 0.939 bits per heavy atom. The van der Waals surface area contributed by atoms with Crippen molar-refractivity contribution >= 4 is 11.6 Å². The summed E-state index contributed by atoms with van der Waals surface area (Å²) in [4.78, 5) is 26.7. The van der Waals surface area contributed by atoms with Crippen molar-refractivity contribution in [2.75, 3.05) is 13.7 Å². The highest BCUT2D eigenvalue weighted by molar-refractivity contribution is 6.30. The van der Waals surface area contributed by atoms with E-state index in [-0.39, 0.29) is 39.5 Å². The summed E-state index contributed by atoms with van der Waals surface area (Å²) in [5.41, 5.74) is 0.551. The van der Waals surface area contributed by atoms with Crippen molar-refractivity contribution in [2.24, 2.45) is 0 Å². The maximum absolute atomic E-state index is 13.5. The minimum atomic E-state index is -1.73. The minimum absolute atomic E-state index is 0.0282. The van der Waals surface area contributed by atoms with Crippen molar-refractivity contribution in [3.05, 3.63) is 51.6 Å². The van der Waals surface area contributed by atoms with Crippen LogP contribution in [-0.4, -0.2) is 81.5 Å². The molecule has 0 bridgehead atoms. The van der Waals surface area contributed by atoms with E-state index in [1.807, 2.05) is 0 Å². The molecular formula is C23H24O10. The summed E-state index contributed by atoms with van der Waals surface area (Å²) in [5, 5.41) is 50.3. The predicted octanol–water partition coefficient (Wildman–Crippen LogP) is -0.0283. The number of ether oxygens (including phenoxy) is 3. The highest BCUT2D eigenvalue weighted by Crippen LogP contribution is 2.43. The molecule has 1 heterocycles. The Morgan fingerprint density at radius 2 is 1.61 bits per heavy atom. The van der Waals surface area contributed by atoms with Crippen LogP contribution in [0.3, 0.4) is 0 Å². The summed E-state index contributed by atoms with van der Waals surface area (Å²) in [7, 11) is 1.37. The van der Waals surface area contributed by atoms with E-state index in [0.717, 1.165) is 0 Å². The van der Waals surface area contributed by atoms with Gasteiger partial charge in [0.25, 0.3) is 0 Å². The van der Waals surface area contributed by atoms with Gasteiger partial charge in [0.15, 0.2) is 5.78 Å². The largest absolute Gasteiger partial charge is 0.507 e. The number of hydrogen-bond acceptors (Lipinski definition) is 10. The van der Waals surface area contributed by atoms with Crippen LogP contribution in [0.4, 0.5) is 0 Å². The van der Waals surface area contributed by atoms with E-state index in [2.05, 4.69) is 0 Å². The number of rotatable bonds is 4. The van der Waals surface area contributed by atoms with Gasteiger partial charge in [-0.25, -0.2) is 0 Å².